The molecule has 0 bridgehead atoms. The van der Waals surface area contributed by atoms with Gasteiger partial charge >= 0.3 is 0 Å². The zero-order valence-electron chi connectivity index (χ0n) is 31.8. The van der Waals surface area contributed by atoms with Crippen LogP contribution in [0.3, 0.4) is 0 Å². The van der Waals surface area contributed by atoms with Crippen LogP contribution < -0.4 is 0 Å². The van der Waals surface area contributed by atoms with Crippen molar-refractivity contribution in [2.45, 2.75) is 0 Å². The molecule has 12 aromatic carbocycles. The first kappa shape index (κ1) is 32.7. The van der Waals surface area contributed by atoms with E-state index in [9.17, 15) is 0 Å². The Balaban J connectivity index is 1.01. The number of hydrogen-bond donors (Lipinski definition) is 0. The van der Waals surface area contributed by atoms with Crippen molar-refractivity contribution in [3.63, 3.8) is 0 Å². The molecule has 0 saturated carbocycles. The average Bonchev–Trinajstić information content (AvgIpc) is 3.30. The molecule has 0 unspecified atom stereocenters. The highest BCUT2D eigenvalue weighted by atomic mass is 14.2. The van der Waals surface area contributed by atoms with Gasteiger partial charge in [0.25, 0.3) is 0 Å². The largest absolute Gasteiger partial charge is 0.0622 e. The van der Waals surface area contributed by atoms with Crippen molar-refractivity contribution in [2.24, 2.45) is 0 Å². The van der Waals surface area contributed by atoms with Gasteiger partial charge in [-0.05, 0) is 156 Å². The van der Waals surface area contributed by atoms with Crippen molar-refractivity contribution in [2.75, 3.05) is 0 Å². The summed E-state index contributed by atoms with van der Waals surface area (Å²) < 4.78 is 0. The maximum Gasteiger partial charge on any atom is -0.00259 e. The Labute approximate surface area is 336 Å². The molecular formula is C58H36. The highest BCUT2D eigenvalue weighted by molar-refractivity contribution is 6.26. The predicted molar refractivity (Wildman–Crippen MR) is 251 cm³/mol. The van der Waals surface area contributed by atoms with E-state index in [-0.39, 0.29) is 0 Å². The molecule has 0 amide bonds. The molecule has 0 N–H and O–H groups in total. The van der Waals surface area contributed by atoms with Crippen LogP contribution >= 0.6 is 0 Å². The molecule has 0 aromatic heterocycles. The smallest absolute Gasteiger partial charge is 0.00259 e. The Hall–Kier alpha value is -7.54. The summed E-state index contributed by atoms with van der Waals surface area (Å²) in [5.41, 5.74) is 9.94. The van der Waals surface area contributed by atoms with Crippen molar-refractivity contribution in [1.29, 1.82) is 0 Å². The number of rotatable bonds is 4. The van der Waals surface area contributed by atoms with Crippen LogP contribution in [0.25, 0.3) is 120 Å². The molecule has 0 fully saturated rings. The van der Waals surface area contributed by atoms with E-state index in [0.717, 1.165) is 0 Å². The normalized spacial score (nSPS) is 11.8. The molecule has 0 aliphatic carbocycles. The molecule has 268 valence electrons. The van der Waals surface area contributed by atoms with Gasteiger partial charge in [-0.1, -0.05) is 182 Å². The van der Waals surface area contributed by atoms with Crippen LogP contribution in [0.15, 0.2) is 218 Å². The Morgan fingerprint density at radius 2 is 0.500 bits per heavy atom. The van der Waals surface area contributed by atoms with E-state index in [1.54, 1.807) is 0 Å². The first-order valence-corrected chi connectivity index (χ1v) is 20.2. The quantitative estimate of drug-likeness (QED) is 0.158. The van der Waals surface area contributed by atoms with Crippen LogP contribution in [0.2, 0.25) is 0 Å². The first-order chi connectivity index (χ1) is 28.7. The van der Waals surface area contributed by atoms with E-state index in [4.69, 9.17) is 0 Å². The summed E-state index contributed by atoms with van der Waals surface area (Å²) in [4.78, 5) is 0. The molecule has 0 heterocycles. The fraction of sp³-hybridized carbons (Fsp3) is 0. The molecule has 0 heteroatoms. The Morgan fingerprint density at radius 3 is 0.897 bits per heavy atom. The van der Waals surface area contributed by atoms with E-state index in [1.165, 1.54) is 120 Å². The molecule has 0 aliphatic rings. The molecular weight excluding hydrogens is 697 g/mol. The third-order valence-corrected chi connectivity index (χ3v) is 12.4. The van der Waals surface area contributed by atoms with Crippen LogP contribution in [0.1, 0.15) is 0 Å². The molecule has 0 aliphatic heterocycles. The maximum atomic E-state index is 2.43. The SMILES string of the molecule is c1ccc(-c2ccc3c(ccc4cc(-c5cc6cc(-c7ccc8c(ccc9cc(-c%10ccccc%10)ccc98)c7)c7ccccc7c6c6ccccc56)ccc43)c2)cc1. The molecule has 0 spiro atoms. The molecule has 0 saturated heterocycles. The Morgan fingerprint density at radius 1 is 0.172 bits per heavy atom. The number of benzene rings is 12. The van der Waals surface area contributed by atoms with Crippen LogP contribution in [-0.2, 0) is 0 Å². The van der Waals surface area contributed by atoms with Crippen LogP contribution in [0.4, 0.5) is 0 Å². The summed E-state index contributed by atoms with van der Waals surface area (Å²) in [5, 5.41) is 17.8. The van der Waals surface area contributed by atoms with Gasteiger partial charge in [-0.15, -0.1) is 0 Å². The van der Waals surface area contributed by atoms with Crippen molar-refractivity contribution < 1.29 is 0 Å². The third-order valence-electron chi connectivity index (χ3n) is 12.4. The van der Waals surface area contributed by atoms with Gasteiger partial charge in [-0.2, -0.15) is 0 Å². The first-order valence-electron chi connectivity index (χ1n) is 20.2. The second kappa shape index (κ2) is 13.0. The van der Waals surface area contributed by atoms with Gasteiger partial charge in [-0.3, -0.25) is 0 Å². The van der Waals surface area contributed by atoms with E-state index < -0.39 is 0 Å². The van der Waals surface area contributed by atoms with Gasteiger partial charge in [0.2, 0.25) is 0 Å². The maximum absolute atomic E-state index is 2.43. The summed E-state index contributed by atoms with van der Waals surface area (Å²) in [6.07, 6.45) is 0. The molecule has 0 radical (unpaired) electrons. The summed E-state index contributed by atoms with van der Waals surface area (Å²) in [6.45, 7) is 0. The van der Waals surface area contributed by atoms with Gasteiger partial charge in [0.15, 0.2) is 0 Å². The molecule has 12 rings (SSSR count). The van der Waals surface area contributed by atoms with Gasteiger partial charge in [0.05, 0.1) is 0 Å². The second-order valence-corrected chi connectivity index (χ2v) is 15.6. The highest BCUT2D eigenvalue weighted by Gasteiger charge is 2.16. The van der Waals surface area contributed by atoms with Crippen LogP contribution in [-0.4, -0.2) is 0 Å². The number of fused-ring (bicyclic) bond motifs is 11. The lowest BCUT2D eigenvalue weighted by molar-refractivity contribution is 1.65. The average molecular weight is 733 g/mol. The highest BCUT2D eigenvalue weighted by Crippen LogP contribution is 2.43. The van der Waals surface area contributed by atoms with Crippen molar-refractivity contribution >= 4 is 75.4 Å². The minimum atomic E-state index is 1.23. The fourth-order valence-corrected chi connectivity index (χ4v) is 9.56. The van der Waals surface area contributed by atoms with E-state index in [0.29, 0.717) is 0 Å². The van der Waals surface area contributed by atoms with Crippen molar-refractivity contribution in [1.82, 2.24) is 0 Å². The van der Waals surface area contributed by atoms with Gasteiger partial charge in [0, 0.05) is 0 Å². The zero-order valence-corrected chi connectivity index (χ0v) is 31.8. The molecule has 12 aromatic rings. The minimum absolute atomic E-state index is 1.23. The predicted octanol–water partition coefficient (Wildman–Crippen LogP) is 16.4. The van der Waals surface area contributed by atoms with E-state index in [2.05, 4.69) is 218 Å². The summed E-state index contributed by atoms with van der Waals surface area (Å²) in [6, 6.07) is 80.9. The Bertz CT molecular complexity index is 3360. The standard InChI is InChI=1S/C58H36/c1-3-11-37(12-4-1)39-23-27-48-41(31-39)19-21-43-33-45(25-29-50(43)48)56-35-47-36-57(53-16-8-10-18-55(53)58(47)54-17-9-7-15-52(54)56)46-26-30-51-44(34-46)22-20-42-32-40(24-28-49(42)51)38-13-5-2-6-14-38/h1-36H. The molecule has 0 nitrogen and oxygen atoms in total. The Kier molecular flexibility index (Phi) is 7.33. The van der Waals surface area contributed by atoms with Crippen molar-refractivity contribution in [3.05, 3.63) is 218 Å². The van der Waals surface area contributed by atoms with Gasteiger partial charge < -0.3 is 0 Å². The summed E-state index contributed by atoms with van der Waals surface area (Å²) in [7, 11) is 0. The van der Waals surface area contributed by atoms with E-state index in [1.807, 2.05) is 0 Å². The van der Waals surface area contributed by atoms with Gasteiger partial charge in [0.1, 0.15) is 0 Å². The van der Waals surface area contributed by atoms with E-state index >= 15 is 0 Å². The third kappa shape index (κ3) is 5.23. The second-order valence-electron chi connectivity index (χ2n) is 15.6. The monoisotopic (exact) mass is 732 g/mol. The van der Waals surface area contributed by atoms with Crippen LogP contribution in [0.5, 0.6) is 0 Å². The molecule has 0 atom stereocenters. The lowest BCUT2D eigenvalue weighted by Gasteiger charge is -2.17. The molecule has 58 heavy (non-hydrogen) atoms. The lowest BCUT2D eigenvalue weighted by atomic mass is 9.86. The fourth-order valence-electron chi connectivity index (χ4n) is 9.56. The number of hydrogen-bond acceptors (Lipinski definition) is 0. The van der Waals surface area contributed by atoms with Gasteiger partial charge in [-0.25, -0.2) is 0 Å². The minimum Gasteiger partial charge on any atom is -0.0622 e. The van der Waals surface area contributed by atoms with Crippen LogP contribution in [0, 0.1) is 0 Å². The summed E-state index contributed by atoms with van der Waals surface area (Å²) >= 11 is 0. The topological polar surface area (TPSA) is 0 Å². The lowest BCUT2D eigenvalue weighted by Crippen LogP contribution is -1.90. The summed E-state index contributed by atoms with van der Waals surface area (Å²) in [5.74, 6) is 0. The zero-order chi connectivity index (χ0) is 38.2. The van der Waals surface area contributed by atoms with Crippen molar-refractivity contribution in [3.8, 4) is 44.5 Å².